The van der Waals surface area contributed by atoms with Crippen LogP contribution in [0.3, 0.4) is 0 Å². The van der Waals surface area contributed by atoms with Gasteiger partial charge in [-0.3, -0.25) is 9.59 Å². The number of hydrogen-bond donors (Lipinski definition) is 2. The number of halogens is 3. The van der Waals surface area contributed by atoms with Crippen LogP contribution in [0.25, 0.3) is 0 Å². The van der Waals surface area contributed by atoms with Gasteiger partial charge in [-0.2, -0.15) is 13.2 Å². The van der Waals surface area contributed by atoms with E-state index < -0.39 is 35.7 Å². The number of carbonyl (C=O) groups excluding carboxylic acids is 3. The number of ether oxygens (including phenoxy) is 2. The van der Waals surface area contributed by atoms with Gasteiger partial charge < -0.3 is 20.1 Å². The highest BCUT2D eigenvalue weighted by atomic mass is 19.4. The van der Waals surface area contributed by atoms with E-state index in [1.54, 1.807) is 26.1 Å². The molecule has 0 aromatic heterocycles. The topological polar surface area (TPSA) is 93.7 Å². The fourth-order valence-corrected chi connectivity index (χ4v) is 2.81. The highest BCUT2D eigenvalue weighted by Crippen LogP contribution is 2.21. The van der Waals surface area contributed by atoms with Crippen molar-refractivity contribution in [3.8, 4) is 0 Å². The summed E-state index contributed by atoms with van der Waals surface area (Å²) in [5, 5.41) is 4.79. The predicted octanol–water partition coefficient (Wildman–Crippen LogP) is 1.84. The van der Waals surface area contributed by atoms with E-state index in [4.69, 9.17) is 4.74 Å². The number of carbonyl (C=O) groups is 3. The van der Waals surface area contributed by atoms with E-state index in [1.165, 1.54) is 0 Å². The Kier molecular flexibility index (Phi) is 8.06. The third-order valence-corrected chi connectivity index (χ3v) is 4.03. The molecule has 7 nitrogen and oxygen atoms in total. The molecule has 10 heteroatoms. The molecule has 1 saturated heterocycles. The van der Waals surface area contributed by atoms with Crippen LogP contribution in [0, 0.1) is 0 Å². The Balaban J connectivity index is 2.46. The Morgan fingerprint density at radius 2 is 1.81 bits per heavy atom. The fourth-order valence-electron chi connectivity index (χ4n) is 2.81. The number of nitrogens with one attached hydrogen (secondary N) is 2. The molecular weight excluding hydrogens is 369 g/mol. The molecule has 1 amide bonds. The zero-order valence-electron chi connectivity index (χ0n) is 15.9. The van der Waals surface area contributed by atoms with Crippen LogP contribution in [-0.2, 0) is 23.9 Å². The first-order valence-electron chi connectivity index (χ1n) is 8.78. The molecule has 0 aliphatic carbocycles. The third-order valence-electron chi connectivity index (χ3n) is 4.03. The molecule has 1 fully saturated rings. The van der Waals surface area contributed by atoms with Crippen molar-refractivity contribution in [2.45, 2.75) is 82.8 Å². The first kappa shape index (κ1) is 23.2. The molecule has 27 heavy (non-hydrogen) atoms. The number of alkyl halides is 3. The summed E-state index contributed by atoms with van der Waals surface area (Å²) in [5.41, 5.74) is -0.582. The molecule has 0 radical (unpaired) electrons. The summed E-state index contributed by atoms with van der Waals surface area (Å²) in [7, 11) is 1.04. The lowest BCUT2D eigenvalue weighted by atomic mass is 10.0. The summed E-state index contributed by atoms with van der Waals surface area (Å²) in [6.07, 6.45) is -2.85. The first-order chi connectivity index (χ1) is 12.3. The molecule has 3 atom stereocenters. The zero-order chi connectivity index (χ0) is 20.8. The molecule has 0 aromatic rings. The van der Waals surface area contributed by atoms with E-state index in [0.717, 1.165) is 7.11 Å². The molecule has 0 spiro atoms. The van der Waals surface area contributed by atoms with Crippen LogP contribution in [-0.4, -0.2) is 54.9 Å². The third kappa shape index (κ3) is 8.15. The monoisotopic (exact) mass is 396 g/mol. The standard InChI is InChI=1S/C17H27F3N2O5/c1-16(2,3)27-14(24)12-9-8-10(21-12)6-5-7-11(13(23)26-4)22-15(25)17(18,19)20/h10-12,21H,5-9H2,1-4H3,(H,22,25)/t10?,11-,12-/m0/s1. The van der Waals surface area contributed by atoms with Crippen molar-refractivity contribution in [2.24, 2.45) is 0 Å². The summed E-state index contributed by atoms with van der Waals surface area (Å²) in [6.45, 7) is 5.33. The molecule has 156 valence electrons. The minimum atomic E-state index is -5.07. The fraction of sp³-hybridized carbons (Fsp3) is 0.824. The molecule has 0 bridgehead atoms. The normalized spacial score (nSPS) is 21.4. The predicted molar refractivity (Wildman–Crippen MR) is 89.6 cm³/mol. The lowest BCUT2D eigenvalue weighted by Crippen LogP contribution is -2.47. The quantitative estimate of drug-likeness (QED) is 0.638. The van der Waals surface area contributed by atoms with Crippen molar-refractivity contribution in [2.75, 3.05) is 7.11 Å². The van der Waals surface area contributed by atoms with Gasteiger partial charge in [-0.15, -0.1) is 0 Å². The van der Waals surface area contributed by atoms with Gasteiger partial charge >= 0.3 is 24.0 Å². The lowest BCUT2D eigenvalue weighted by Gasteiger charge is -2.22. The van der Waals surface area contributed by atoms with E-state index in [1.807, 2.05) is 0 Å². The molecule has 1 unspecified atom stereocenters. The average molecular weight is 396 g/mol. The second kappa shape index (κ2) is 9.38. The maximum Gasteiger partial charge on any atom is 0.471 e. The minimum absolute atomic E-state index is 0.00375. The molecule has 1 rings (SSSR count). The van der Waals surface area contributed by atoms with Crippen LogP contribution in [0.15, 0.2) is 0 Å². The smallest absolute Gasteiger partial charge is 0.467 e. The Morgan fingerprint density at radius 3 is 2.33 bits per heavy atom. The van der Waals surface area contributed by atoms with E-state index in [-0.39, 0.29) is 18.4 Å². The van der Waals surface area contributed by atoms with Gasteiger partial charge in [-0.1, -0.05) is 0 Å². The Hall–Kier alpha value is -1.84. The molecule has 0 saturated carbocycles. The van der Waals surface area contributed by atoms with Crippen LogP contribution in [0.1, 0.15) is 52.9 Å². The highest BCUT2D eigenvalue weighted by molar-refractivity contribution is 5.87. The van der Waals surface area contributed by atoms with Gasteiger partial charge in [0.15, 0.2) is 0 Å². The van der Waals surface area contributed by atoms with Gasteiger partial charge in [-0.05, 0) is 52.9 Å². The van der Waals surface area contributed by atoms with E-state index in [0.29, 0.717) is 25.7 Å². The average Bonchev–Trinajstić information content (AvgIpc) is 2.99. The number of rotatable bonds is 7. The van der Waals surface area contributed by atoms with Gasteiger partial charge in [-0.25, -0.2) is 4.79 Å². The van der Waals surface area contributed by atoms with E-state index in [2.05, 4.69) is 10.1 Å². The van der Waals surface area contributed by atoms with Crippen LogP contribution in [0.2, 0.25) is 0 Å². The molecule has 1 aliphatic heterocycles. The van der Waals surface area contributed by atoms with Gasteiger partial charge in [0.2, 0.25) is 0 Å². The van der Waals surface area contributed by atoms with Crippen LogP contribution in [0.4, 0.5) is 13.2 Å². The Labute approximate surface area is 156 Å². The SMILES string of the molecule is COC(=O)[C@H](CCCC1CC[C@@H](C(=O)OC(C)(C)C)N1)NC(=O)C(F)(F)F. The molecule has 1 heterocycles. The maximum atomic E-state index is 12.4. The Bertz CT molecular complexity index is 546. The second-order valence-corrected chi connectivity index (χ2v) is 7.50. The van der Waals surface area contributed by atoms with E-state index in [9.17, 15) is 27.6 Å². The number of hydrogen-bond acceptors (Lipinski definition) is 6. The minimum Gasteiger partial charge on any atom is -0.467 e. The summed E-state index contributed by atoms with van der Waals surface area (Å²) in [4.78, 5) is 34.7. The van der Waals surface area contributed by atoms with Gasteiger partial charge in [0.25, 0.3) is 0 Å². The largest absolute Gasteiger partial charge is 0.471 e. The maximum absolute atomic E-state index is 12.4. The van der Waals surface area contributed by atoms with Crippen molar-refractivity contribution in [1.29, 1.82) is 0 Å². The van der Waals surface area contributed by atoms with E-state index >= 15 is 0 Å². The van der Waals surface area contributed by atoms with Crippen molar-refractivity contribution >= 4 is 17.8 Å². The lowest BCUT2D eigenvalue weighted by molar-refractivity contribution is -0.175. The number of methoxy groups -OCH3 is 1. The van der Waals surface area contributed by atoms with Crippen LogP contribution >= 0.6 is 0 Å². The van der Waals surface area contributed by atoms with Crippen molar-refractivity contribution in [3.05, 3.63) is 0 Å². The van der Waals surface area contributed by atoms with Crippen LogP contribution < -0.4 is 10.6 Å². The number of esters is 2. The van der Waals surface area contributed by atoms with Gasteiger partial charge in [0.1, 0.15) is 17.7 Å². The highest BCUT2D eigenvalue weighted by Gasteiger charge is 2.41. The summed E-state index contributed by atoms with van der Waals surface area (Å²) in [5.74, 6) is -3.45. The molecule has 2 N–H and O–H groups in total. The molecular formula is C17H27F3N2O5. The summed E-state index contributed by atoms with van der Waals surface area (Å²) >= 11 is 0. The summed E-state index contributed by atoms with van der Waals surface area (Å²) < 4.78 is 46.9. The van der Waals surface area contributed by atoms with Crippen molar-refractivity contribution < 1.29 is 37.0 Å². The molecule has 0 aromatic carbocycles. The Morgan fingerprint density at radius 1 is 1.19 bits per heavy atom. The van der Waals surface area contributed by atoms with Crippen LogP contribution in [0.5, 0.6) is 0 Å². The van der Waals surface area contributed by atoms with Crippen molar-refractivity contribution in [1.82, 2.24) is 10.6 Å². The second-order valence-electron chi connectivity index (χ2n) is 7.50. The number of amides is 1. The van der Waals surface area contributed by atoms with Gasteiger partial charge in [0, 0.05) is 6.04 Å². The summed E-state index contributed by atoms with van der Waals surface area (Å²) in [6, 6.07) is -1.80. The first-order valence-corrected chi connectivity index (χ1v) is 8.78. The van der Waals surface area contributed by atoms with Gasteiger partial charge in [0.05, 0.1) is 7.11 Å². The van der Waals surface area contributed by atoms with Crippen molar-refractivity contribution in [3.63, 3.8) is 0 Å². The molecule has 1 aliphatic rings. The zero-order valence-corrected chi connectivity index (χ0v) is 15.9.